The van der Waals surface area contributed by atoms with Gasteiger partial charge >= 0.3 is 0 Å². The predicted molar refractivity (Wildman–Crippen MR) is 69.5 cm³/mol. The zero-order valence-corrected chi connectivity index (χ0v) is 10.9. The van der Waals surface area contributed by atoms with E-state index in [1.165, 1.54) is 64.5 Å². The fourth-order valence-corrected chi connectivity index (χ4v) is 3.68. The van der Waals surface area contributed by atoms with Crippen LogP contribution >= 0.6 is 0 Å². The summed E-state index contributed by atoms with van der Waals surface area (Å²) in [5, 5.41) is 0. The van der Waals surface area contributed by atoms with Crippen LogP contribution in [0.15, 0.2) is 0 Å². The van der Waals surface area contributed by atoms with Crippen LogP contribution in [-0.2, 0) is 0 Å². The average Bonchev–Trinajstić information content (AvgIpc) is 2.71. The van der Waals surface area contributed by atoms with Crippen molar-refractivity contribution in [3.63, 3.8) is 0 Å². The summed E-state index contributed by atoms with van der Waals surface area (Å²) in [7, 11) is 0. The molecule has 0 aromatic heterocycles. The second kappa shape index (κ2) is 5.50. The van der Waals surface area contributed by atoms with Gasteiger partial charge in [0, 0.05) is 12.1 Å². The minimum atomic E-state index is 0.292. The van der Waals surface area contributed by atoms with Gasteiger partial charge in [-0.3, -0.25) is 4.90 Å². The van der Waals surface area contributed by atoms with Crippen molar-refractivity contribution in [1.82, 2.24) is 4.90 Å². The fourth-order valence-electron chi connectivity index (χ4n) is 3.68. The van der Waals surface area contributed by atoms with Crippen LogP contribution in [0.25, 0.3) is 0 Å². The molecule has 2 heteroatoms. The lowest BCUT2D eigenvalue weighted by atomic mass is 9.79. The number of nitrogens with zero attached hydrogens (tertiary/aromatic N) is 1. The molecule has 1 unspecified atom stereocenters. The largest absolute Gasteiger partial charge is 0.329 e. The number of nitrogens with two attached hydrogens (primary N) is 1. The monoisotopic (exact) mass is 224 g/mol. The topological polar surface area (TPSA) is 29.3 Å². The van der Waals surface area contributed by atoms with Crippen molar-refractivity contribution < 1.29 is 0 Å². The lowest BCUT2D eigenvalue weighted by Gasteiger charge is -2.44. The van der Waals surface area contributed by atoms with Gasteiger partial charge in [-0.15, -0.1) is 0 Å². The van der Waals surface area contributed by atoms with Gasteiger partial charge in [0.25, 0.3) is 0 Å². The van der Waals surface area contributed by atoms with Crippen LogP contribution in [-0.4, -0.2) is 30.1 Å². The first-order valence-electron chi connectivity index (χ1n) is 7.22. The van der Waals surface area contributed by atoms with Crippen molar-refractivity contribution in [1.29, 1.82) is 0 Å². The van der Waals surface area contributed by atoms with Crippen molar-refractivity contribution in [3.05, 3.63) is 0 Å². The molecule has 1 atom stereocenters. The van der Waals surface area contributed by atoms with Crippen LogP contribution in [0.5, 0.6) is 0 Å². The van der Waals surface area contributed by atoms with E-state index >= 15 is 0 Å². The first kappa shape index (κ1) is 12.4. The molecule has 1 heterocycles. The Labute approximate surface area is 101 Å². The van der Waals surface area contributed by atoms with E-state index in [0.29, 0.717) is 5.54 Å². The summed E-state index contributed by atoms with van der Waals surface area (Å²) in [6.45, 7) is 5.83. The molecule has 0 spiro atoms. The molecule has 1 aliphatic carbocycles. The van der Waals surface area contributed by atoms with Gasteiger partial charge in [0.05, 0.1) is 0 Å². The Hall–Kier alpha value is -0.0800. The molecule has 2 N–H and O–H groups in total. The van der Waals surface area contributed by atoms with Crippen LogP contribution in [0.4, 0.5) is 0 Å². The van der Waals surface area contributed by atoms with Gasteiger partial charge in [0.1, 0.15) is 0 Å². The molecule has 2 fully saturated rings. The van der Waals surface area contributed by atoms with Crippen LogP contribution in [0.2, 0.25) is 0 Å². The summed E-state index contributed by atoms with van der Waals surface area (Å²) in [5.41, 5.74) is 6.42. The SMILES string of the molecule is CC(CN)(C1CCCCCC1)N1CCCC1. The molecule has 94 valence electrons. The molecule has 0 aromatic carbocycles. The molecular weight excluding hydrogens is 196 g/mol. The van der Waals surface area contributed by atoms with Crippen molar-refractivity contribution in [2.75, 3.05) is 19.6 Å². The maximum absolute atomic E-state index is 6.13. The van der Waals surface area contributed by atoms with Gasteiger partial charge in [0.15, 0.2) is 0 Å². The van der Waals surface area contributed by atoms with E-state index in [9.17, 15) is 0 Å². The lowest BCUT2D eigenvalue weighted by molar-refractivity contribution is 0.0677. The highest BCUT2D eigenvalue weighted by atomic mass is 15.2. The van der Waals surface area contributed by atoms with Gasteiger partial charge in [0.2, 0.25) is 0 Å². The number of rotatable bonds is 3. The minimum Gasteiger partial charge on any atom is -0.329 e. The van der Waals surface area contributed by atoms with Crippen molar-refractivity contribution >= 4 is 0 Å². The summed E-state index contributed by atoms with van der Waals surface area (Å²) in [6, 6.07) is 0. The molecule has 0 bridgehead atoms. The van der Waals surface area contributed by atoms with Gasteiger partial charge in [-0.2, -0.15) is 0 Å². The third-order valence-corrected chi connectivity index (χ3v) is 4.98. The van der Waals surface area contributed by atoms with E-state index in [1.807, 2.05) is 0 Å². The Morgan fingerprint density at radius 3 is 2.06 bits per heavy atom. The summed E-state index contributed by atoms with van der Waals surface area (Å²) >= 11 is 0. The highest BCUT2D eigenvalue weighted by Gasteiger charge is 2.39. The lowest BCUT2D eigenvalue weighted by Crippen LogP contribution is -2.55. The van der Waals surface area contributed by atoms with Crippen molar-refractivity contribution in [2.24, 2.45) is 11.7 Å². The Balaban J connectivity index is 2.05. The smallest absolute Gasteiger partial charge is 0.0331 e. The first-order valence-corrected chi connectivity index (χ1v) is 7.22. The molecule has 0 aromatic rings. The third kappa shape index (κ3) is 2.43. The molecule has 16 heavy (non-hydrogen) atoms. The molecule has 1 saturated carbocycles. The highest BCUT2D eigenvalue weighted by Crippen LogP contribution is 2.36. The molecule has 0 amide bonds. The summed E-state index contributed by atoms with van der Waals surface area (Å²) < 4.78 is 0. The Morgan fingerprint density at radius 1 is 1.00 bits per heavy atom. The van der Waals surface area contributed by atoms with Gasteiger partial charge in [-0.1, -0.05) is 25.7 Å². The summed E-state index contributed by atoms with van der Waals surface area (Å²) in [5.74, 6) is 0.845. The van der Waals surface area contributed by atoms with E-state index in [1.54, 1.807) is 0 Å². The van der Waals surface area contributed by atoms with E-state index < -0.39 is 0 Å². The summed E-state index contributed by atoms with van der Waals surface area (Å²) in [4.78, 5) is 2.68. The number of likely N-dealkylation sites (tertiary alicyclic amines) is 1. The third-order valence-electron chi connectivity index (χ3n) is 4.98. The minimum absolute atomic E-state index is 0.292. The van der Waals surface area contributed by atoms with Crippen LogP contribution in [0.3, 0.4) is 0 Å². The fraction of sp³-hybridized carbons (Fsp3) is 1.00. The average molecular weight is 224 g/mol. The van der Waals surface area contributed by atoms with E-state index in [-0.39, 0.29) is 0 Å². The van der Waals surface area contributed by atoms with Gasteiger partial charge in [-0.05, 0) is 51.6 Å². The van der Waals surface area contributed by atoms with Crippen molar-refractivity contribution in [2.45, 2.75) is 63.8 Å². The van der Waals surface area contributed by atoms with Crippen LogP contribution in [0, 0.1) is 5.92 Å². The van der Waals surface area contributed by atoms with Crippen LogP contribution in [0.1, 0.15) is 58.3 Å². The quantitative estimate of drug-likeness (QED) is 0.747. The molecule has 0 radical (unpaired) electrons. The van der Waals surface area contributed by atoms with E-state index in [4.69, 9.17) is 5.73 Å². The van der Waals surface area contributed by atoms with Gasteiger partial charge < -0.3 is 5.73 Å². The molecule has 1 saturated heterocycles. The Bertz CT molecular complexity index is 203. The number of hydrogen-bond donors (Lipinski definition) is 1. The van der Waals surface area contributed by atoms with Gasteiger partial charge in [-0.25, -0.2) is 0 Å². The molecule has 2 aliphatic rings. The highest BCUT2D eigenvalue weighted by molar-refractivity contribution is 4.95. The maximum Gasteiger partial charge on any atom is 0.0331 e. The molecule has 1 aliphatic heterocycles. The second-order valence-electron chi connectivity index (χ2n) is 5.94. The van der Waals surface area contributed by atoms with Crippen molar-refractivity contribution in [3.8, 4) is 0 Å². The standard InChI is InChI=1S/C14H28N2/c1-14(12-15,16-10-6-7-11-16)13-8-4-2-3-5-9-13/h13H,2-12,15H2,1H3. The second-order valence-corrected chi connectivity index (χ2v) is 5.94. The predicted octanol–water partition coefficient (Wildman–Crippen LogP) is 2.77. The summed E-state index contributed by atoms with van der Waals surface area (Å²) in [6.07, 6.45) is 11.3. The zero-order chi connectivity index (χ0) is 11.4. The maximum atomic E-state index is 6.13. The normalized spacial score (nSPS) is 28.9. The zero-order valence-electron chi connectivity index (χ0n) is 10.9. The Kier molecular flexibility index (Phi) is 4.26. The van der Waals surface area contributed by atoms with E-state index in [2.05, 4.69) is 11.8 Å². The van der Waals surface area contributed by atoms with E-state index in [0.717, 1.165) is 12.5 Å². The molecule has 2 rings (SSSR count). The Morgan fingerprint density at radius 2 is 1.56 bits per heavy atom. The molecular formula is C14H28N2. The first-order chi connectivity index (χ1) is 7.77. The van der Waals surface area contributed by atoms with Crippen LogP contribution < -0.4 is 5.73 Å². The molecule has 2 nitrogen and oxygen atoms in total. The number of hydrogen-bond acceptors (Lipinski definition) is 2.